The lowest BCUT2D eigenvalue weighted by Gasteiger charge is -2.36. The molecular weight excluding hydrogens is 1740 g/mol. The van der Waals surface area contributed by atoms with Gasteiger partial charge in [-0.25, -0.2) is 19.6 Å². The number of carbonyl (C=O) groups excluding carboxylic acids is 2. The lowest BCUT2D eigenvalue weighted by Crippen LogP contribution is -2.24. The fraction of sp³-hybridized carbons (Fsp3) is 0.483. The highest BCUT2D eigenvalue weighted by molar-refractivity contribution is 5.92. The van der Waals surface area contributed by atoms with E-state index in [0.29, 0.717) is 163 Å². The van der Waals surface area contributed by atoms with E-state index in [-0.39, 0.29) is 89.4 Å². The van der Waals surface area contributed by atoms with E-state index in [1.165, 1.54) is 0 Å². The number of pyridine rings is 2. The average molecular weight is 1870 g/mol. The standard InChI is InChI=1S/C116H132N2O20/c1-9-17-25-35-69-77-47-78-70(36-26-18-10-2)82-50-86-74(40-30-22-14-6)110-106-59-105-109(73(39-29-21-13-5)85-49-81(69)97(55-101(85)129-65-133-105)125-61-121-93(77)53-94(78)122-62-126-98(82)56-102(86)130-66-134-106)113(110)137-115(119)91-45-33-43-89(117-91)90-44-34-46-92(118-90)116(120)138-114-111-75(41-31-23-15-7)87-51-83-71(37-27-19-11-3)79-48-80-72(38-28-20-12-4)84-52-88-76(42-32-24-16-8)112(114)108-60-107(111)135-67-131-103(87)57-99(83)127-63-123-95(79)54-96(80)124-64-128-100(84)58-104(88)132-68-136-108/h33-34,43-60,69-76H,9-32,35-42,61-68H2,1-8H3. The fourth-order valence-corrected chi connectivity index (χ4v) is 23.1. The molecule has 0 saturated carbocycles. The van der Waals surface area contributed by atoms with Crippen molar-refractivity contribution in [3.63, 3.8) is 0 Å². The van der Waals surface area contributed by atoms with Crippen LogP contribution in [0.5, 0.6) is 103 Å². The van der Waals surface area contributed by atoms with Gasteiger partial charge in [-0.2, -0.15) is 0 Å². The molecule has 8 atom stereocenters. The molecule has 8 unspecified atom stereocenters. The number of nitrogens with zero attached hydrogens (tertiary/aromatic N) is 2. The van der Waals surface area contributed by atoms with Gasteiger partial charge in [-0.15, -0.1) is 0 Å². The number of carbonyl (C=O) groups is 2. The Balaban J connectivity index is 0.749. The molecule has 20 rings (SSSR count). The number of esters is 2. The summed E-state index contributed by atoms with van der Waals surface area (Å²) in [5.41, 5.74) is 15.3. The summed E-state index contributed by atoms with van der Waals surface area (Å²) in [5.74, 6) is 6.01. The highest BCUT2D eigenvalue weighted by Gasteiger charge is 2.45. The van der Waals surface area contributed by atoms with Gasteiger partial charge < -0.3 is 85.3 Å². The number of ether oxygens (including phenoxy) is 18. The van der Waals surface area contributed by atoms with Crippen molar-refractivity contribution >= 4 is 11.9 Å². The van der Waals surface area contributed by atoms with Gasteiger partial charge in [-0.05, 0) is 112 Å². The van der Waals surface area contributed by atoms with E-state index in [2.05, 4.69) is 104 Å². The molecule has 22 heteroatoms. The maximum absolute atomic E-state index is 16.6. The van der Waals surface area contributed by atoms with Gasteiger partial charge in [0.15, 0.2) is 0 Å². The second kappa shape index (κ2) is 42.6. The Kier molecular flexibility index (Phi) is 28.9. The molecule has 8 aromatic carbocycles. The van der Waals surface area contributed by atoms with Gasteiger partial charge in [-0.1, -0.05) is 222 Å². The monoisotopic (exact) mass is 1870 g/mol. The number of hydrogen-bond acceptors (Lipinski definition) is 22. The highest BCUT2D eigenvalue weighted by Crippen LogP contribution is 2.63. The molecule has 10 aromatic rings. The second-order valence-electron chi connectivity index (χ2n) is 38.9. The van der Waals surface area contributed by atoms with Crippen molar-refractivity contribution in [3.05, 3.63) is 222 Å². The molecule has 0 radical (unpaired) electrons. The van der Waals surface area contributed by atoms with Gasteiger partial charge in [0.25, 0.3) is 0 Å². The van der Waals surface area contributed by atoms with Crippen molar-refractivity contribution in [2.45, 2.75) is 308 Å². The van der Waals surface area contributed by atoms with Crippen molar-refractivity contribution in [1.82, 2.24) is 9.97 Å². The van der Waals surface area contributed by atoms with E-state index in [4.69, 9.17) is 95.2 Å². The molecule has 0 spiro atoms. The number of hydrogen-bond donors (Lipinski definition) is 0. The third-order valence-corrected chi connectivity index (χ3v) is 30.1. The smallest absolute Gasteiger partial charge is 0.362 e. The van der Waals surface area contributed by atoms with Gasteiger partial charge in [0.2, 0.25) is 54.3 Å². The summed E-state index contributed by atoms with van der Waals surface area (Å²) in [6.45, 7) is 16.8. The zero-order chi connectivity index (χ0) is 94.3. The Morgan fingerprint density at radius 3 is 0.580 bits per heavy atom. The molecule has 22 nitrogen and oxygen atoms in total. The minimum absolute atomic E-state index is 0.0107. The Hall–Kier alpha value is -12.2. The first-order valence-electron chi connectivity index (χ1n) is 51.9. The van der Waals surface area contributed by atoms with E-state index in [0.717, 1.165) is 247 Å². The minimum Gasteiger partial charge on any atom is -0.457 e. The van der Waals surface area contributed by atoms with Crippen molar-refractivity contribution in [3.8, 4) is 115 Å². The topological polar surface area (TPSA) is 226 Å². The van der Waals surface area contributed by atoms with Crippen LogP contribution in [0.1, 0.15) is 418 Å². The number of benzene rings is 8. The minimum atomic E-state index is -0.735. The van der Waals surface area contributed by atoms with Gasteiger partial charge >= 0.3 is 11.9 Å². The van der Waals surface area contributed by atoms with Crippen LogP contribution in [0, 0.1) is 0 Å². The van der Waals surface area contributed by atoms with Crippen LogP contribution in [-0.4, -0.2) is 76.3 Å². The van der Waals surface area contributed by atoms with Gasteiger partial charge in [0.1, 0.15) is 115 Å². The van der Waals surface area contributed by atoms with E-state index < -0.39 is 35.6 Å². The lowest BCUT2D eigenvalue weighted by atomic mass is 9.75. The van der Waals surface area contributed by atoms with Crippen LogP contribution in [-0.2, 0) is 0 Å². The van der Waals surface area contributed by atoms with Crippen LogP contribution in [0.2, 0.25) is 0 Å². The summed E-state index contributed by atoms with van der Waals surface area (Å²) >= 11 is 0. The van der Waals surface area contributed by atoms with Gasteiger partial charge in [0.05, 0.1) is 11.4 Å². The molecule has 2 aromatic heterocycles. The molecule has 10 aliphatic rings. The summed E-state index contributed by atoms with van der Waals surface area (Å²) in [6, 6.07) is 40.8. The van der Waals surface area contributed by atoms with Crippen LogP contribution in [0.15, 0.2) is 121 Å². The van der Waals surface area contributed by atoms with E-state index in [9.17, 15) is 0 Å². The number of unbranched alkanes of at least 4 members (excludes halogenated alkanes) is 16. The van der Waals surface area contributed by atoms with E-state index in [1.54, 1.807) is 36.4 Å². The van der Waals surface area contributed by atoms with E-state index in [1.807, 2.05) is 36.4 Å². The molecular formula is C116H132N2O20. The summed E-state index contributed by atoms with van der Waals surface area (Å²) in [6.07, 6.45) is 28.5. The SMILES string of the molecule is CCCCCC1c2cc3c4cc2OCOc2cc5c(cc21)C(CCCCC)c1c(cc2c(c1OC(=O)c1cccc(-c6cccc(C(=O)Oc7c8c9cc%10c7C(CCCCC)c7cc%11c(cc7OCO%10)OCOc7cc%10c(cc7C%11CCCCC)C(CCCCC)c7cc(c(cc7OCO%10)OCO9)C8CCCCC)n6)n1)C(CCCCC)c1cc(c(cc1OCO2)OCO4)C3CCCCC)OCO5. The molecule has 138 heavy (non-hydrogen) atoms. The second-order valence-corrected chi connectivity index (χ2v) is 38.9. The molecule has 0 N–H and O–H groups in total. The largest absolute Gasteiger partial charge is 0.457 e. The fourth-order valence-electron chi connectivity index (χ4n) is 23.1. The highest BCUT2D eigenvalue weighted by atomic mass is 16.7. The summed E-state index contributed by atoms with van der Waals surface area (Å²) in [5, 5.41) is 0. The molecule has 8 aliphatic heterocycles. The first kappa shape index (κ1) is 93.4. The normalized spacial score (nSPS) is 19.1. The molecule has 0 saturated heterocycles. The zero-order valence-electron chi connectivity index (χ0n) is 81.5. The predicted molar refractivity (Wildman–Crippen MR) is 526 cm³/mol. The Bertz CT molecular complexity index is 5460. The summed E-state index contributed by atoms with van der Waals surface area (Å²) in [4.78, 5) is 43.8. The molecule has 0 fully saturated rings. The maximum atomic E-state index is 16.6. The van der Waals surface area contributed by atoms with Gasteiger partial charge in [-0.3, -0.25) is 0 Å². The Morgan fingerprint density at radius 2 is 0.391 bits per heavy atom. The molecule has 726 valence electrons. The third kappa shape index (κ3) is 18.7. The zero-order valence-corrected chi connectivity index (χ0v) is 81.5. The van der Waals surface area contributed by atoms with Crippen molar-refractivity contribution < 1.29 is 94.9 Å². The maximum Gasteiger partial charge on any atom is 0.362 e. The van der Waals surface area contributed by atoms with Crippen LogP contribution >= 0.6 is 0 Å². The van der Waals surface area contributed by atoms with Crippen molar-refractivity contribution in [2.24, 2.45) is 0 Å². The first-order chi connectivity index (χ1) is 67.9. The van der Waals surface area contributed by atoms with Crippen molar-refractivity contribution in [1.29, 1.82) is 0 Å². The quantitative estimate of drug-likeness (QED) is 0.0200. The Morgan fingerprint density at radius 1 is 0.225 bits per heavy atom. The van der Waals surface area contributed by atoms with Crippen molar-refractivity contribution in [2.75, 3.05) is 54.3 Å². The third-order valence-electron chi connectivity index (χ3n) is 30.1. The molecule has 10 heterocycles. The number of aromatic nitrogens is 2. The van der Waals surface area contributed by atoms with Crippen LogP contribution in [0.25, 0.3) is 11.4 Å². The summed E-state index contributed by atoms with van der Waals surface area (Å²) < 4.78 is 125. The molecule has 16 bridgehead atoms. The van der Waals surface area contributed by atoms with Crippen LogP contribution in [0.3, 0.4) is 0 Å². The van der Waals surface area contributed by atoms with Gasteiger partial charge in [0, 0.05) is 185 Å². The van der Waals surface area contributed by atoms with E-state index >= 15 is 9.59 Å². The number of rotatable bonds is 37. The first-order valence-corrected chi connectivity index (χ1v) is 51.9. The molecule has 2 aliphatic carbocycles. The molecule has 0 amide bonds. The summed E-state index contributed by atoms with van der Waals surface area (Å²) in [7, 11) is 0. The Labute approximate surface area is 811 Å². The van der Waals surface area contributed by atoms with Crippen LogP contribution < -0.4 is 85.3 Å². The predicted octanol–water partition coefficient (Wildman–Crippen LogP) is 28.7. The lowest BCUT2D eigenvalue weighted by molar-refractivity contribution is 0.0705. The van der Waals surface area contributed by atoms with Crippen LogP contribution in [0.4, 0.5) is 0 Å². The average Bonchev–Trinajstić information content (AvgIpc) is 0.730.